The fourth-order valence-electron chi connectivity index (χ4n) is 1.94. The molecular formula is C14H8ClFN2O. The Hall–Kier alpha value is -2.20. The highest BCUT2D eigenvalue weighted by Gasteiger charge is 2.15. The number of benzene rings is 1. The maximum absolute atomic E-state index is 13.1. The third-order valence-electron chi connectivity index (χ3n) is 2.88. The fraction of sp³-hybridized carbons (Fsp3) is 0. The molecule has 0 radical (unpaired) electrons. The van der Waals surface area contributed by atoms with Gasteiger partial charge in [-0.15, -0.1) is 0 Å². The monoisotopic (exact) mass is 274 g/mol. The topological polar surface area (TPSA) is 45.8 Å². The van der Waals surface area contributed by atoms with Crippen LogP contribution in [0.25, 0.3) is 11.0 Å². The molecule has 0 saturated heterocycles. The highest BCUT2D eigenvalue weighted by molar-refractivity contribution is 6.31. The quantitative estimate of drug-likeness (QED) is 0.726. The van der Waals surface area contributed by atoms with Crippen LogP contribution in [0.3, 0.4) is 0 Å². The lowest BCUT2D eigenvalue weighted by atomic mass is 10.0. The van der Waals surface area contributed by atoms with Gasteiger partial charge in [-0.05, 0) is 30.3 Å². The number of H-pyrrole nitrogens is 1. The van der Waals surface area contributed by atoms with E-state index >= 15 is 0 Å². The van der Waals surface area contributed by atoms with E-state index in [1.807, 2.05) is 0 Å². The largest absolute Gasteiger partial charge is 0.345 e. The SMILES string of the molecule is O=C(c1ccc(F)c(Cl)c1)c1c[nH]c2ncccc12. The van der Waals surface area contributed by atoms with Gasteiger partial charge in [-0.2, -0.15) is 0 Å². The number of aromatic amines is 1. The van der Waals surface area contributed by atoms with Crippen molar-refractivity contribution in [3.8, 4) is 0 Å². The summed E-state index contributed by atoms with van der Waals surface area (Å²) in [6, 6.07) is 7.48. The van der Waals surface area contributed by atoms with E-state index in [0.717, 1.165) is 5.39 Å². The Morgan fingerprint density at radius 2 is 2.16 bits per heavy atom. The first kappa shape index (κ1) is 11.9. The first-order chi connectivity index (χ1) is 9.16. The number of pyridine rings is 1. The van der Waals surface area contributed by atoms with Crippen molar-refractivity contribution in [2.24, 2.45) is 0 Å². The Labute approximate surface area is 113 Å². The summed E-state index contributed by atoms with van der Waals surface area (Å²) in [5.41, 5.74) is 1.47. The first-order valence-electron chi connectivity index (χ1n) is 5.58. The molecule has 0 aliphatic rings. The van der Waals surface area contributed by atoms with Crippen LogP contribution >= 0.6 is 11.6 Å². The van der Waals surface area contributed by atoms with Crippen LogP contribution in [0.15, 0.2) is 42.7 Å². The predicted molar refractivity (Wildman–Crippen MR) is 70.9 cm³/mol. The van der Waals surface area contributed by atoms with E-state index in [4.69, 9.17) is 11.6 Å². The lowest BCUT2D eigenvalue weighted by Gasteiger charge is -2.01. The van der Waals surface area contributed by atoms with Gasteiger partial charge in [0.2, 0.25) is 0 Å². The first-order valence-corrected chi connectivity index (χ1v) is 5.96. The summed E-state index contributed by atoms with van der Waals surface area (Å²) in [5, 5.41) is 0.664. The van der Waals surface area contributed by atoms with E-state index in [-0.39, 0.29) is 10.8 Å². The normalized spacial score (nSPS) is 10.8. The van der Waals surface area contributed by atoms with Crippen LogP contribution in [-0.4, -0.2) is 15.8 Å². The Morgan fingerprint density at radius 1 is 1.32 bits per heavy atom. The van der Waals surface area contributed by atoms with Gasteiger partial charge >= 0.3 is 0 Å². The predicted octanol–water partition coefficient (Wildman–Crippen LogP) is 3.59. The molecule has 3 aromatic rings. The summed E-state index contributed by atoms with van der Waals surface area (Å²) in [5.74, 6) is -0.764. The van der Waals surface area contributed by atoms with Gasteiger partial charge in [-0.3, -0.25) is 4.79 Å². The van der Waals surface area contributed by atoms with Crippen LogP contribution in [0.4, 0.5) is 4.39 Å². The molecule has 5 heteroatoms. The van der Waals surface area contributed by atoms with Gasteiger partial charge in [0.15, 0.2) is 5.78 Å². The van der Waals surface area contributed by atoms with E-state index in [0.29, 0.717) is 16.8 Å². The second kappa shape index (κ2) is 4.48. The highest BCUT2D eigenvalue weighted by Crippen LogP contribution is 2.22. The summed E-state index contributed by atoms with van der Waals surface area (Å²) in [4.78, 5) is 19.4. The second-order valence-corrected chi connectivity index (χ2v) is 4.47. The Balaban J connectivity index is 2.11. The van der Waals surface area contributed by atoms with Crippen molar-refractivity contribution < 1.29 is 9.18 Å². The molecule has 2 aromatic heterocycles. The lowest BCUT2D eigenvalue weighted by Crippen LogP contribution is -2.00. The number of carbonyl (C=O) groups is 1. The zero-order chi connectivity index (χ0) is 13.4. The third kappa shape index (κ3) is 2.00. The molecule has 0 amide bonds. The number of aromatic nitrogens is 2. The molecule has 1 N–H and O–H groups in total. The molecule has 0 fully saturated rings. The van der Waals surface area contributed by atoms with Gasteiger partial charge < -0.3 is 4.98 Å². The zero-order valence-electron chi connectivity index (χ0n) is 9.65. The number of halogens is 2. The molecule has 0 spiro atoms. The molecule has 0 atom stereocenters. The van der Waals surface area contributed by atoms with Crippen LogP contribution in [0.5, 0.6) is 0 Å². The van der Waals surface area contributed by atoms with Crippen LogP contribution < -0.4 is 0 Å². The van der Waals surface area contributed by atoms with Crippen molar-refractivity contribution in [2.75, 3.05) is 0 Å². The van der Waals surface area contributed by atoms with Gasteiger partial charge in [0.1, 0.15) is 11.5 Å². The molecule has 0 bridgehead atoms. The van der Waals surface area contributed by atoms with Gasteiger partial charge in [0.05, 0.1) is 5.02 Å². The number of nitrogens with zero attached hydrogens (tertiary/aromatic N) is 1. The van der Waals surface area contributed by atoms with E-state index in [1.165, 1.54) is 18.2 Å². The van der Waals surface area contributed by atoms with Gasteiger partial charge in [0.25, 0.3) is 0 Å². The summed E-state index contributed by atoms with van der Waals surface area (Å²) < 4.78 is 13.1. The van der Waals surface area contributed by atoms with E-state index < -0.39 is 5.82 Å². The standard InChI is InChI=1S/C14H8ClFN2O/c15-11-6-8(3-4-12(11)16)13(19)10-7-18-14-9(10)2-1-5-17-14/h1-7H,(H,17,18). The fourth-order valence-corrected chi connectivity index (χ4v) is 2.12. The van der Waals surface area contributed by atoms with Crippen LogP contribution in [0.2, 0.25) is 5.02 Å². The summed E-state index contributed by atoms with van der Waals surface area (Å²) in [7, 11) is 0. The average Bonchev–Trinajstić information content (AvgIpc) is 2.85. The minimum Gasteiger partial charge on any atom is -0.345 e. The Morgan fingerprint density at radius 3 is 2.95 bits per heavy atom. The number of carbonyl (C=O) groups excluding carboxylic acids is 1. The van der Waals surface area contributed by atoms with Crippen molar-refractivity contribution in [1.82, 2.24) is 9.97 Å². The number of fused-ring (bicyclic) bond motifs is 1. The van der Waals surface area contributed by atoms with Crippen molar-refractivity contribution in [2.45, 2.75) is 0 Å². The maximum atomic E-state index is 13.1. The molecular weight excluding hydrogens is 267 g/mol. The molecule has 3 nitrogen and oxygen atoms in total. The van der Waals surface area contributed by atoms with Crippen LogP contribution in [-0.2, 0) is 0 Å². The molecule has 1 aromatic carbocycles. The minimum atomic E-state index is -0.543. The second-order valence-electron chi connectivity index (χ2n) is 4.06. The summed E-state index contributed by atoms with van der Waals surface area (Å²) >= 11 is 5.69. The van der Waals surface area contributed by atoms with Crippen molar-refractivity contribution in [3.05, 3.63) is 64.7 Å². The minimum absolute atomic E-state index is 0.0659. The van der Waals surface area contributed by atoms with E-state index in [1.54, 1.807) is 24.5 Å². The van der Waals surface area contributed by atoms with Crippen LogP contribution in [0, 0.1) is 5.82 Å². The van der Waals surface area contributed by atoms with Crippen molar-refractivity contribution in [1.29, 1.82) is 0 Å². The molecule has 2 heterocycles. The summed E-state index contributed by atoms with van der Waals surface area (Å²) in [6.45, 7) is 0. The molecule has 19 heavy (non-hydrogen) atoms. The third-order valence-corrected chi connectivity index (χ3v) is 3.17. The molecule has 3 rings (SSSR count). The van der Waals surface area contributed by atoms with Crippen molar-refractivity contribution in [3.63, 3.8) is 0 Å². The smallest absolute Gasteiger partial charge is 0.195 e. The number of rotatable bonds is 2. The van der Waals surface area contributed by atoms with E-state index in [9.17, 15) is 9.18 Å². The van der Waals surface area contributed by atoms with Crippen LogP contribution in [0.1, 0.15) is 15.9 Å². The Kier molecular flexibility index (Phi) is 2.80. The van der Waals surface area contributed by atoms with Gasteiger partial charge in [-0.1, -0.05) is 11.6 Å². The van der Waals surface area contributed by atoms with Gasteiger partial charge in [0, 0.05) is 28.9 Å². The molecule has 94 valence electrons. The number of hydrogen-bond acceptors (Lipinski definition) is 2. The van der Waals surface area contributed by atoms with Gasteiger partial charge in [-0.25, -0.2) is 9.37 Å². The zero-order valence-corrected chi connectivity index (χ0v) is 10.4. The molecule has 0 saturated carbocycles. The molecule has 0 unspecified atom stereocenters. The molecule has 0 aliphatic heterocycles. The molecule has 0 aliphatic carbocycles. The Bertz CT molecular complexity index is 782. The number of hydrogen-bond donors (Lipinski definition) is 1. The average molecular weight is 275 g/mol. The number of nitrogens with one attached hydrogen (secondary N) is 1. The maximum Gasteiger partial charge on any atom is 0.195 e. The lowest BCUT2D eigenvalue weighted by molar-refractivity contribution is 0.104. The van der Waals surface area contributed by atoms with Crippen molar-refractivity contribution >= 4 is 28.4 Å². The summed E-state index contributed by atoms with van der Waals surface area (Å²) in [6.07, 6.45) is 3.24. The van der Waals surface area contributed by atoms with E-state index in [2.05, 4.69) is 9.97 Å². The highest BCUT2D eigenvalue weighted by atomic mass is 35.5. The number of ketones is 1.